The van der Waals surface area contributed by atoms with Crippen LogP contribution < -0.4 is 4.90 Å². The lowest BCUT2D eigenvalue weighted by molar-refractivity contribution is 0.768. The number of hydrogen-bond donors (Lipinski definition) is 0. The Bertz CT molecular complexity index is 2840. The Morgan fingerprint density at radius 3 is 1.37 bits per heavy atom. The molecule has 11 rings (SSSR count). The molecule has 57 heavy (non-hydrogen) atoms. The molecule has 0 aromatic heterocycles. The Balaban J connectivity index is 1.03. The maximum absolute atomic E-state index is 2.39. The highest BCUT2D eigenvalue weighted by molar-refractivity contribution is 5.88. The van der Waals surface area contributed by atoms with Crippen molar-refractivity contribution in [2.75, 3.05) is 4.90 Å². The minimum absolute atomic E-state index is 0.438. The molecule has 0 amide bonds. The number of nitrogens with zero attached hydrogens (tertiary/aromatic N) is 1. The quantitative estimate of drug-likeness (QED) is 0.158. The third-order valence-electron chi connectivity index (χ3n) is 12.2. The summed E-state index contributed by atoms with van der Waals surface area (Å²) in [6.07, 6.45) is 0.967. The van der Waals surface area contributed by atoms with Crippen molar-refractivity contribution in [1.82, 2.24) is 0 Å². The Kier molecular flexibility index (Phi) is 7.86. The molecule has 9 aromatic carbocycles. The van der Waals surface area contributed by atoms with E-state index in [2.05, 4.69) is 229 Å². The molecule has 0 saturated carbocycles. The summed E-state index contributed by atoms with van der Waals surface area (Å²) in [7, 11) is 0. The lowest BCUT2D eigenvalue weighted by atomic mass is 9.68. The minimum atomic E-state index is -0.438. The standard InChI is InChI=1S/C56H39N/c1-3-14-39(15-4-1)40-26-32-45(33-27-40)57(46-34-28-41(29-35-46)48-22-13-23-50-49-19-8-7-16-42(49)38-53(48)50)47-36-30-44(31-37-47)56(43-17-5-2-6-18-43)54-24-11-9-20-51(54)52-21-10-12-25-55(52)56/h1-37H,38H2. The van der Waals surface area contributed by atoms with E-state index in [0.29, 0.717) is 0 Å². The van der Waals surface area contributed by atoms with Crippen molar-refractivity contribution < 1.29 is 0 Å². The van der Waals surface area contributed by atoms with Gasteiger partial charge in [0, 0.05) is 17.1 Å². The molecule has 0 aliphatic heterocycles. The second-order valence-corrected chi connectivity index (χ2v) is 15.2. The highest BCUT2D eigenvalue weighted by atomic mass is 15.1. The van der Waals surface area contributed by atoms with Gasteiger partial charge in [0.05, 0.1) is 5.41 Å². The Morgan fingerprint density at radius 1 is 0.298 bits per heavy atom. The fraction of sp³-hybridized carbons (Fsp3) is 0.0357. The number of anilines is 3. The summed E-state index contributed by atoms with van der Waals surface area (Å²) >= 11 is 0. The van der Waals surface area contributed by atoms with Crippen LogP contribution in [0.5, 0.6) is 0 Å². The summed E-state index contributed by atoms with van der Waals surface area (Å²) in [5.74, 6) is 0. The zero-order valence-corrected chi connectivity index (χ0v) is 31.5. The van der Waals surface area contributed by atoms with Crippen LogP contribution in [0.1, 0.15) is 33.4 Å². The van der Waals surface area contributed by atoms with Crippen LogP contribution in [0.3, 0.4) is 0 Å². The average Bonchev–Trinajstić information content (AvgIpc) is 3.82. The zero-order chi connectivity index (χ0) is 37.8. The van der Waals surface area contributed by atoms with Crippen LogP contribution in [-0.4, -0.2) is 0 Å². The van der Waals surface area contributed by atoms with Gasteiger partial charge >= 0.3 is 0 Å². The van der Waals surface area contributed by atoms with E-state index in [0.717, 1.165) is 23.5 Å². The molecule has 0 atom stereocenters. The fourth-order valence-corrected chi connectivity index (χ4v) is 9.67. The second kappa shape index (κ2) is 13.5. The Hall–Kier alpha value is -7.22. The summed E-state index contributed by atoms with van der Waals surface area (Å²) in [5, 5.41) is 0. The van der Waals surface area contributed by atoms with Gasteiger partial charge in [0.15, 0.2) is 0 Å². The molecule has 2 aliphatic carbocycles. The average molecular weight is 726 g/mol. The first-order valence-electron chi connectivity index (χ1n) is 19.9. The molecule has 0 bridgehead atoms. The smallest absolute Gasteiger partial charge is 0.0713 e. The van der Waals surface area contributed by atoms with Crippen LogP contribution in [0, 0.1) is 0 Å². The summed E-state index contributed by atoms with van der Waals surface area (Å²) < 4.78 is 0. The van der Waals surface area contributed by atoms with Crippen LogP contribution >= 0.6 is 0 Å². The monoisotopic (exact) mass is 725 g/mol. The molecule has 268 valence electrons. The van der Waals surface area contributed by atoms with Gasteiger partial charge in [0.2, 0.25) is 0 Å². The Labute approximate surface area is 334 Å². The first-order valence-corrected chi connectivity index (χ1v) is 19.9. The summed E-state index contributed by atoms with van der Waals surface area (Å²) in [6, 6.07) is 82.6. The molecule has 0 radical (unpaired) electrons. The van der Waals surface area contributed by atoms with E-state index in [1.54, 1.807) is 0 Å². The third kappa shape index (κ3) is 5.31. The number of benzene rings is 9. The van der Waals surface area contributed by atoms with Crippen molar-refractivity contribution in [3.63, 3.8) is 0 Å². The van der Waals surface area contributed by atoms with Gasteiger partial charge in [-0.3, -0.25) is 0 Å². The number of fused-ring (bicyclic) bond motifs is 6. The van der Waals surface area contributed by atoms with Crippen molar-refractivity contribution in [2.45, 2.75) is 11.8 Å². The van der Waals surface area contributed by atoms with E-state index in [4.69, 9.17) is 0 Å². The maximum atomic E-state index is 2.39. The van der Waals surface area contributed by atoms with Gasteiger partial charge in [-0.2, -0.15) is 0 Å². The van der Waals surface area contributed by atoms with Crippen molar-refractivity contribution in [3.05, 3.63) is 258 Å². The van der Waals surface area contributed by atoms with Crippen LogP contribution in [-0.2, 0) is 11.8 Å². The van der Waals surface area contributed by atoms with Gasteiger partial charge in [0.1, 0.15) is 0 Å². The predicted octanol–water partition coefficient (Wildman–Crippen LogP) is 14.4. The lowest BCUT2D eigenvalue weighted by Crippen LogP contribution is -2.28. The molecule has 0 N–H and O–H groups in total. The molecule has 0 unspecified atom stereocenters. The molecular weight excluding hydrogens is 687 g/mol. The van der Waals surface area contributed by atoms with E-state index in [1.165, 1.54) is 77.9 Å². The molecule has 2 aliphatic rings. The normalized spacial score (nSPS) is 13.0. The van der Waals surface area contributed by atoms with Crippen LogP contribution in [0.25, 0.3) is 44.5 Å². The van der Waals surface area contributed by atoms with Crippen molar-refractivity contribution in [2.24, 2.45) is 0 Å². The number of rotatable bonds is 7. The van der Waals surface area contributed by atoms with E-state index in [-0.39, 0.29) is 0 Å². The van der Waals surface area contributed by atoms with Crippen molar-refractivity contribution in [3.8, 4) is 44.5 Å². The molecule has 1 heteroatoms. The van der Waals surface area contributed by atoms with E-state index < -0.39 is 5.41 Å². The molecule has 0 spiro atoms. The summed E-state index contributed by atoms with van der Waals surface area (Å²) in [4.78, 5) is 2.39. The van der Waals surface area contributed by atoms with Crippen LogP contribution in [0.4, 0.5) is 17.1 Å². The second-order valence-electron chi connectivity index (χ2n) is 15.2. The van der Waals surface area contributed by atoms with Gasteiger partial charge in [-0.1, -0.05) is 188 Å². The van der Waals surface area contributed by atoms with Crippen LogP contribution in [0.2, 0.25) is 0 Å². The molecule has 0 heterocycles. The zero-order valence-electron chi connectivity index (χ0n) is 31.5. The molecule has 0 fully saturated rings. The molecule has 9 aromatic rings. The molecule has 0 saturated heterocycles. The van der Waals surface area contributed by atoms with Gasteiger partial charge < -0.3 is 4.90 Å². The maximum Gasteiger partial charge on any atom is 0.0713 e. The van der Waals surface area contributed by atoms with E-state index in [9.17, 15) is 0 Å². The number of hydrogen-bond acceptors (Lipinski definition) is 1. The largest absolute Gasteiger partial charge is 0.311 e. The van der Waals surface area contributed by atoms with Crippen molar-refractivity contribution in [1.29, 1.82) is 0 Å². The van der Waals surface area contributed by atoms with E-state index in [1.807, 2.05) is 0 Å². The van der Waals surface area contributed by atoms with Gasteiger partial charge in [-0.15, -0.1) is 0 Å². The van der Waals surface area contributed by atoms with Crippen LogP contribution in [0.15, 0.2) is 224 Å². The third-order valence-corrected chi connectivity index (χ3v) is 12.2. The van der Waals surface area contributed by atoms with E-state index >= 15 is 0 Å². The summed E-state index contributed by atoms with van der Waals surface area (Å²) in [5.41, 5.74) is 21.2. The predicted molar refractivity (Wildman–Crippen MR) is 238 cm³/mol. The lowest BCUT2D eigenvalue weighted by Gasteiger charge is -2.34. The first kappa shape index (κ1) is 33.1. The van der Waals surface area contributed by atoms with Gasteiger partial charge in [-0.05, 0) is 121 Å². The topological polar surface area (TPSA) is 3.24 Å². The highest BCUT2D eigenvalue weighted by Gasteiger charge is 2.45. The molecule has 1 nitrogen and oxygen atoms in total. The first-order chi connectivity index (χ1) is 28.3. The van der Waals surface area contributed by atoms with Crippen molar-refractivity contribution >= 4 is 17.1 Å². The Morgan fingerprint density at radius 2 is 0.737 bits per heavy atom. The molecular formula is C56H39N. The highest BCUT2D eigenvalue weighted by Crippen LogP contribution is 2.56. The summed E-state index contributed by atoms with van der Waals surface area (Å²) in [6.45, 7) is 0. The SMILES string of the molecule is c1ccc(-c2ccc(N(c3ccc(-c4cccc5c4Cc4ccccc4-5)cc3)c3ccc(C4(c5ccccc5)c5ccccc5-c5ccccc54)cc3)cc2)cc1. The van der Waals surface area contributed by atoms with Gasteiger partial charge in [0.25, 0.3) is 0 Å². The fourth-order valence-electron chi connectivity index (χ4n) is 9.67. The van der Waals surface area contributed by atoms with Gasteiger partial charge in [-0.25, -0.2) is 0 Å². The minimum Gasteiger partial charge on any atom is -0.311 e.